The summed E-state index contributed by atoms with van der Waals surface area (Å²) in [5, 5.41) is 12.5. The van der Waals surface area contributed by atoms with Crippen molar-refractivity contribution in [3.8, 4) is 11.4 Å². The fraction of sp³-hybridized carbons (Fsp3) is 0.290. The number of nitrogens with one attached hydrogen (secondary N) is 1. The topological polar surface area (TPSA) is 89.3 Å². The fourth-order valence-electron chi connectivity index (χ4n) is 4.88. The lowest BCUT2D eigenvalue weighted by atomic mass is 10.0. The number of amides is 2. The van der Waals surface area contributed by atoms with Crippen LogP contribution in [0.25, 0.3) is 5.69 Å². The molecule has 0 aliphatic carbocycles. The number of hydrogen-bond donors (Lipinski definition) is 1. The minimum Gasteiger partial charge on any atom is -0.497 e. The van der Waals surface area contributed by atoms with E-state index >= 15 is 0 Å². The highest BCUT2D eigenvalue weighted by atomic mass is 32.2. The van der Waals surface area contributed by atoms with Crippen LogP contribution in [0.3, 0.4) is 0 Å². The summed E-state index contributed by atoms with van der Waals surface area (Å²) >= 11 is 1.37. The second kappa shape index (κ2) is 12.4. The number of fused-ring (bicyclic) bond motifs is 1. The molecule has 8 nitrogen and oxygen atoms in total. The van der Waals surface area contributed by atoms with E-state index in [0.29, 0.717) is 17.5 Å². The molecule has 40 heavy (non-hydrogen) atoms. The van der Waals surface area contributed by atoms with Crippen LogP contribution in [0.5, 0.6) is 5.75 Å². The van der Waals surface area contributed by atoms with Gasteiger partial charge in [-0.15, -0.1) is 10.2 Å². The largest absolute Gasteiger partial charge is 0.497 e. The van der Waals surface area contributed by atoms with E-state index in [9.17, 15) is 9.59 Å². The number of rotatable bonds is 9. The Balaban J connectivity index is 1.33. The Morgan fingerprint density at radius 2 is 1.80 bits per heavy atom. The van der Waals surface area contributed by atoms with Gasteiger partial charge in [-0.1, -0.05) is 54.2 Å². The summed E-state index contributed by atoms with van der Waals surface area (Å²) < 4.78 is 7.15. The number of nitrogens with zero attached hydrogens (tertiary/aromatic N) is 4. The SMILES string of the molecule is COc1ccc(CC(=O)NCc2nnc(SCC(=O)N3CCCc4ccccc43)n2-c2cc(C)ccc2C)cc1. The number of para-hydroxylation sites is 1. The van der Waals surface area contributed by atoms with Crippen molar-refractivity contribution < 1.29 is 14.3 Å². The van der Waals surface area contributed by atoms with Gasteiger partial charge in [0.15, 0.2) is 11.0 Å². The van der Waals surface area contributed by atoms with E-state index in [1.54, 1.807) is 7.11 Å². The van der Waals surface area contributed by atoms with Crippen LogP contribution in [0.2, 0.25) is 0 Å². The molecule has 0 spiro atoms. The number of anilines is 1. The van der Waals surface area contributed by atoms with Crippen LogP contribution in [0.15, 0.2) is 71.9 Å². The lowest BCUT2D eigenvalue weighted by Gasteiger charge is -2.29. The molecule has 3 aromatic carbocycles. The molecule has 0 unspecified atom stereocenters. The van der Waals surface area contributed by atoms with Crippen molar-refractivity contribution in [2.75, 3.05) is 24.3 Å². The first-order valence-corrected chi connectivity index (χ1v) is 14.3. The summed E-state index contributed by atoms with van der Waals surface area (Å²) in [4.78, 5) is 28.0. The number of carbonyl (C=O) groups is 2. The maximum atomic E-state index is 13.3. The van der Waals surface area contributed by atoms with Crippen molar-refractivity contribution in [3.63, 3.8) is 0 Å². The predicted octanol–water partition coefficient (Wildman–Crippen LogP) is 4.82. The molecule has 0 radical (unpaired) electrons. The number of methoxy groups -OCH3 is 1. The molecule has 2 heterocycles. The number of ether oxygens (including phenoxy) is 1. The molecule has 5 rings (SSSR count). The van der Waals surface area contributed by atoms with Crippen molar-refractivity contribution in [2.45, 2.75) is 44.8 Å². The zero-order valence-corrected chi connectivity index (χ0v) is 23.8. The highest BCUT2D eigenvalue weighted by Gasteiger charge is 2.24. The van der Waals surface area contributed by atoms with Gasteiger partial charge in [0, 0.05) is 12.2 Å². The molecule has 9 heteroatoms. The molecular weight excluding hydrogens is 522 g/mol. The molecule has 0 fully saturated rings. The molecule has 1 aromatic heterocycles. The van der Waals surface area contributed by atoms with Crippen molar-refractivity contribution in [2.24, 2.45) is 0 Å². The lowest BCUT2D eigenvalue weighted by molar-refractivity contribution is -0.120. The molecule has 0 saturated heterocycles. The van der Waals surface area contributed by atoms with Gasteiger partial charge in [0.1, 0.15) is 5.75 Å². The van der Waals surface area contributed by atoms with Crippen molar-refractivity contribution in [1.29, 1.82) is 0 Å². The fourth-order valence-corrected chi connectivity index (χ4v) is 5.72. The number of hydrogen-bond acceptors (Lipinski definition) is 6. The van der Waals surface area contributed by atoms with Gasteiger partial charge >= 0.3 is 0 Å². The third kappa shape index (κ3) is 6.20. The first-order chi connectivity index (χ1) is 19.4. The van der Waals surface area contributed by atoms with Crippen LogP contribution in [0.1, 0.15) is 34.5 Å². The van der Waals surface area contributed by atoms with Crippen LogP contribution in [0.4, 0.5) is 5.69 Å². The number of benzene rings is 3. The number of aromatic nitrogens is 3. The Bertz CT molecular complexity index is 1520. The molecule has 0 bridgehead atoms. The Morgan fingerprint density at radius 1 is 1.00 bits per heavy atom. The van der Waals surface area contributed by atoms with Crippen molar-refractivity contribution >= 4 is 29.3 Å². The zero-order chi connectivity index (χ0) is 28.1. The summed E-state index contributed by atoms with van der Waals surface area (Å²) in [6.07, 6.45) is 2.18. The van der Waals surface area contributed by atoms with E-state index in [1.165, 1.54) is 17.3 Å². The smallest absolute Gasteiger partial charge is 0.237 e. The predicted molar refractivity (Wildman–Crippen MR) is 157 cm³/mol. The molecule has 0 saturated carbocycles. The van der Waals surface area contributed by atoms with Crippen LogP contribution in [-0.2, 0) is 29.0 Å². The molecule has 1 aliphatic rings. The Kier molecular flexibility index (Phi) is 8.50. The van der Waals surface area contributed by atoms with Gasteiger partial charge in [0.25, 0.3) is 0 Å². The summed E-state index contributed by atoms with van der Waals surface area (Å²) in [6, 6.07) is 21.7. The molecule has 206 valence electrons. The number of carbonyl (C=O) groups excluding carboxylic acids is 2. The minimum absolute atomic E-state index is 0.0435. The second-order valence-corrected chi connectivity index (χ2v) is 10.8. The molecule has 2 amide bonds. The normalized spacial score (nSPS) is 12.6. The quantitative estimate of drug-likeness (QED) is 0.298. The van der Waals surface area contributed by atoms with Gasteiger partial charge in [-0.3, -0.25) is 14.2 Å². The van der Waals surface area contributed by atoms with Crippen LogP contribution in [0, 0.1) is 13.8 Å². The maximum absolute atomic E-state index is 13.3. The van der Waals surface area contributed by atoms with Gasteiger partial charge in [-0.25, -0.2) is 0 Å². The van der Waals surface area contributed by atoms with Gasteiger partial charge in [-0.2, -0.15) is 0 Å². The first-order valence-electron chi connectivity index (χ1n) is 13.4. The summed E-state index contributed by atoms with van der Waals surface area (Å²) in [5.41, 5.74) is 6.18. The van der Waals surface area contributed by atoms with Gasteiger partial charge < -0.3 is 15.0 Å². The van der Waals surface area contributed by atoms with Gasteiger partial charge in [-0.05, 0) is 73.2 Å². The third-order valence-corrected chi connectivity index (χ3v) is 7.92. The highest BCUT2D eigenvalue weighted by Crippen LogP contribution is 2.29. The molecule has 1 N–H and O–H groups in total. The van der Waals surface area contributed by atoms with Gasteiger partial charge in [0.2, 0.25) is 11.8 Å². The monoisotopic (exact) mass is 555 g/mol. The van der Waals surface area contributed by atoms with E-state index in [4.69, 9.17) is 4.74 Å². The standard InChI is InChI=1S/C31H33N5O3S/c1-21-10-11-22(2)27(17-21)36-28(19-32-29(37)18-23-12-14-25(39-3)15-13-23)33-34-31(36)40-20-30(38)35-16-6-8-24-7-4-5-9-26(24)35/h4-5,7,9-15,17H,6,8,16,18-20H2,1-3H3,(H,32,37). The Labute approximate surface area is 238 Å². The van der Waals surface area contributed by atoms with E-state index in [2.05, 4.69) is 39.8 Å². The molecule has 4 aromatic rings. The first kappa shape index (κ1) is 27.5. The average Bonchev–Trinajstić information content (AvgIpc) is 3.38. The average molecular weight is 556 g/mol. The summed E-state index contributed by atoms with van der Waals surface area (Å²) in [6.45, 7) is 4.99. The summed E-state index contributed by atoms with van der Waals surface area (Å²) in [7, 11) is 1.61. The van der Waals surface area contributed by atoms with E-state index in [1.807, 2.05) is 65.8 Å². The zero-order valence-electron chi connectivity index (χ0n) is 23.0. The van der Waals surface area contributed by atoms with Gasteiger partial charge in [0.05, 0.1) is 31.5 Å². The lowest BCUT2D eigenvalue weighted by Crippen LogP contribution is -2.36. The second-order valence-electron chi connectivity index (χ2n) is 9.89. The molecular formula is C31H33N5O3S. The summed E-state index contributed by atoms with van der Waals surface area (Å²) in [5.74, 6) is 1.52. The molecule has 0 atom stereocenters. The van der Waals surface area contributed by atoms with E-state index < -0.39 is 0 Å². The third-order valence-electron chi connectivity index (χ3n) is 7.01. The number of aryl methyl sites for hydroxylation is 3. The minimum atomic E-state index is -0.117. The van der Waals surface area contributed by atoms with Crippen molar-refractivity contribution in [3.05, 3.63) is 94.8 Å². The maximum Gasteiger partial charge on any atom is 0.237 e. The Morgan fingerprint density at radius 3 is 2.60 bits per heavy atom. The molecule has 1 aliphatic heterocycles. The van der Waals surface area contributed by atoms with E-state index in [-0.39, 0.29) is 30.5 Å². The Hall–Kier alpha value is -4.11. The van der Waals surface area contributed by atoms with E-state index in [0.717, 1.165) is 46.7 Å². The highest BCUT2D eigenvalue weighted by molar-refractivity contribution is 7.99. The van der Waals surface area contributed by atoms with Crippen LogP contribution < -0.4 is 15.0 Å². The van der Waals surface area contributed by atoms with Crippen LogP contribution >= 0.6 is 11.8 Å². The van der Waals surface area contributed by atoms with Crippen LogP contribution in [-0.4, -0.2) is 46.0 Å². The number of thioether (sulfide) groups is 1. The van der Waals surface area contributed by atoms with Crippen molar-refractivity contribution in [1.82, 2.24) is 20.1 Å².